The van der Waals surface area contributed by atoms with Crippen molar-refractivity contribution in [1.82, 2.24) is 14.8 Å². The first-order valence-electron chi connectivity index (χ1n) is 9.66. The summed E-state index contributed by atoms with van der Waals surface area (Å²) in [4.78, 5) is 28.2. The molecule has 0 aliphatic rings. The number of hydrogen-bond donors (Lipinski definition) is 2. The van der Waals surface area contributed by atoms with Crippen LogP contribution in [0.15, 0.2) is 28.7 Å². The number of fused-ring (bicyclic) bond motifs is 1. The van der Waals surface area contributed by atoms with E-state index in [2.05, 4.69) is 15.4 Å². The number of alkyl halides is 3. The summed E-state index contributed by atoms with van der Waals surface area (Å²) in [6.07, 6.45) is -4.66. The van der Waals surface area contributed by atoms with Gasteiger partial charge >= 0.3 is 6.18 Å². The zero-order valence-electron chi connectivity index (χ0n) is 17.7. The predicted molar refractivity (Wildman–Crippen MR) is 115 cm³/mol. The smallest absolute Gasteiger partial charge is 0.433 e. The molecule has 3 N–H and O–H groups in total. The van der Waals surface area contributed by atoms with Gasteiger partial charge in [-0.25, -0.2) is 4.98 Å². The summed E-state index contributed by atoms with van der Waals surface area (Å²) in [5, 5.41) is 7.11. The van der Waals surface area contributed by atoms with E-state index in [1.165, 1.54) is 13.0 Å². The van der Waals surface area contributed by atoms with Gasteiger partial charge in [0.05, 0.1) is 17.9 Å². The van der Waals surface area contributed by atoms with Gasteiger partial charge in [0, 0.05) is 11.1 Å². The van der Waals surface area contributed by atoms with Gasteiger partial charge in [-0.1, -0.05) is 0 Å². The van der Waals surface area contributed by atoms with E-state index >= 15 is 0 Å². The number of halogens is 3. The van der Waals surface area contributed by atoms with Crippen LogP contribution in [0.2, 0.25) is 0 Å². The molecule has 0 saturated heterocycles. The van der Waals surface area contributed by atoms with Crippen LogP contribution in [0.1, 0.15) is 48.6 Å². The van der Waals surface area contributed by atoms with Gasteiger partial charge in [0.2, 0.25) is 0 Å². The number of thiophene rings is 1. The maximum absolute atomic E-state index is 13.1. The Kier molecular flexibility index (Phi) is 5.48. The molecule has 172 valence electrons. The number of pyridine rings is 1. The Balaban J connectivity index is 1.66. The fraction of sp³-hybridized carbons (Fsp3) is 0.238. The molecular formula is C21H18F3N5O3S. The van der Waals surface area contributed by atoms with Gasteiger partial charge in [-0.05, 0) is 50.6 Å². The number of hydrogen-bond acceptors (Lipinski definition) is 6. The third-order valence-electron chi connectivity index (χ3n) is 4.91. The van der Waals surface area contributed by atoms with Gasteiger partial charge in [-0.2, -0.15) is 18.3 Å². The molecule has 4 heterocycles. The third kappa shape index (κ3) is 4.33. The highest BCUT2D eigenvalue weighted by atomic mass is 32.1. The summed E-state index contributed by atoms with van der Waals surface area (Å²) in [5.74, 6) is -1.15. The van der Waals surface area contributed by atoms with Crippen molar-refractivity contribution in [2.45, 2.75) is 33.5 Å². The number of carbonyl (C=O) groups excluding carboxylic acids is 2. The molecule has 4 rings (SSSR count). The molecular weight excluding hydrogens is 459 g/mol. The molecule has 2 amide bonds. The third-order valence-corrected chi connectivity index (χ3v) is 6.00. The summed E-state index contributed by atoms with van der Waals surface area (Å²) in [6.45, 7) is 5.50. The SMILES string of the molecule is Cc1cc(C)n(Cc2ccc(C(=O)Nc3c(C(N)=O)sc4nc(C(F)(F)F)cc(C)c34)o2)n1. The lowest BCUT2D eigenvalue weighted by atomic mass is 10.1. The van der Waals surface area contributed by atoms with Crippen LogP contribution in [0.5, 0.6) is 0 Å². The van der Waals surface area contributed by atoms with Crippen molar-refractivity contribution in [3.63, 3.8) is 0 Å². The van der Waals surface area contributed by atoms with E-state index in [9.17, 15) is 22.8 Å². The number of carbonyl (C=O) groups is 2. The van der Waals surface area contributed by atoms with Gasteiger partial charge < -0.3 is 15.5 Å². The van der Waals surface area contributed by atoms with E-state index in [0.717, 1.165) is 17.5 Å². The lowest BCUT2D eigenvalue weighted by Gasteiger charge is -2.09. The minimum absolute atomic E-state index is 0.00252. The lowest BCUT2D eigenvalue weighted by molar-refractivity contribution is -0.141. The molecule has 12 heteroatoms. The number of aromatic nitrogens is 3. The normalized spacial score (nSPS) is 11.8. The van der Waals surface area contributed by atoms with Gasteiger partial charge in [0.1, 0.15) is 21.2 Å². The van der Waals surface area contributed by atoms with Crippen LogP contribution in [0.3, 0.4) is 0 Å². The standard InChI is InChI=1S/C21H18F3N5O3S/c1-9-6-14(21(22,23)24)26-20-15(9)16(17(33-20)18(25)30)27-19(31)13-5-4-12(32-13)8-29-11(3)7-10(2)28-29/h4-7H,8H2,1-3H3,(H2,25,30)(H,27,31). The Labute approximate surface area is 189 Å². The van der Waals surface area contributed by atoms with E-state index in [1.54, 1.807) is 10.7 Å². The predicted octanol–water partition coefficient (Wildman–Crippen LogP) is 4.43. The molecule has 0 aromatic carbocycles. The van der Waals surface area contributed by atoms with Crippen molar-refractivity contribution in [1.29, 1.82) is 0 Å². The molecule has 0 fully saturated rings. The van der Waals surface area contributed by atoms with E-state index in [0.29, 0.717) is 23.6 Å². The number of nitrogens with two attached hydrogens (primary N) is 1. The molecule has 0 atom stereocenters. The Bertz CT molecular complexity index is 1400. The molecule has 0 saturated carbocycles. The highest BCUT2D eigenvalue weighted by molar-refractivity contribution is 7.21. The molecule has 4 aromatic heterocycles. The van der Waals surface area contributed by atoms with Crippen LogP contribution >= 0.6 is 11.3 Å². The van der Waals surface area contributed by atoms with Crippen molar-refractivity contribution < 1.29 is 27.2 Å². The molecule has 4 aromatic rings. The maximum atomic E-state index is 13.1. The first-order chi connectivity index (χ1) is 15.4. The summed E-state index contributed by atoms with van der Waals surface area (Å²) in [6, 6.07) is 5.84. The van der Waals surface area contributed by atoms with Crippen LogP contribution in [0.25, 0.3) is 10.2 Å². The summed E-state index contributed by atoms with van der Waals surface area (Å²) >= 11 is 0.682. The fourth-order valence-corrected chi connectivity index (χ4v) is 4.52. The second kappa shape index (κ2) is 8.03. The number of aryl methyl sites for hydroxylation is 3. The van der Waals surface area contributed by atoms with Crippen molar-refractivity contribution in [3.8, 4) is 0 Å². The van der Waals surface area contributed by atoms with Gasteiger partial charge in [-0.3, -0.25) is 14.3 Å². The van der Waals surface area contributed by atoms with Gasteiger partial charge in [-0.15, -0.1) is 11.3 Å². The Morgan fingerprint density at radius 3 is 2.55 bits per heavy atom. The number of amides is 2. The highest BCUT2D eigenvalue weighted by Gasteiger charge is 2.34. The van der Waals surface area contributed by atoms with Crippen LogP contribution in [0, 0.1) is 20.8 Å². The minimum atomic E-state index is -4.66. The van der Waals surface area contributed by atoms with Gasteiger partial charge in [0.15, 0.2) is 5.76 Å². The molecule has 0 unspecified atom stereocenters. The lowest BCUT2D eigenvalue weighted by Crippen LogP contribution is -2.16. The number of primary amides is 1. The monoisotopic (exact) mass is 477 g/mol. The fourth-order valence-electron chi connectivity index (χ4n) is 3.46. The molecule has 8 nitrogen and oxygen atoms in total. The Hall–Kier alpha value is -3.67. The Morgan fingerprint density at radius 1 is 1.21 bits per heavy atom. The second-order valence-corrected chi connectivity index (χ2v) is 8.48. The van der Waals surface area contributed by atoms with E-state index in [1.807, 2.05) is 19.9 Å². The second-order valence-electron chi connectivity index (χ2n) is 7.48. The van der Waals surface area contributed by atoms with Crippen molar-refractivity contribution in [3.05, 3.63) is 63.3 Å². The maximum Gasteiger partial charge on any atom is 0.433 e. The first kappa shape index (κ1) is 22.5. The van der Waals surface area contributed by atoms with E-state index < -0.39 is 23.7 Å². The summed E-state index contributed by atoms with van der Waals surface area (Å²) < 4.78 is 46.8. The van der Waals surface area contributed by atoms with Crippen LogP contribution in [-0.2, 0) is 12.7 Å². The molecule has 0 bridgehead atoms. The Morgan fingerprint density at radius 2 is 1.94 bits per heavy atom. The van der Waals surface area contributed by atoms with Gasteiger partial charge in [0.25, 0.3) is 11.8 Å². The van der Waals surface area contributed by atoms with Crippen LogP contribution in [-0.4, -0.2) is 26.6 Å². The number of nitrogens with one attached hydrogen (secondary N) is 1. The molecule has 0 radical (unpaired) electrons. The largest absolute Gasteiger partial charge is 0.454 e. The highest BCUT2D eigenvalue weighted by Crippen LogP contribution is 2.39. The van der Waals surface area contributed by atoms with Crippen LogP contribution in [0.4, 0.5) is 18.9 Å². The van der Waals surface area contributed by atoms with E-state index in [-0.39, 0.29) is 32.1 Å². The molecule has 33 heavy (non-hydrogen) atoms. The molecule has 0 aliphatic heterocycles. The quantitative estimate of drug-likeness (QED) is 0.441. The number of rotatable bonds is 5. The minimum Gasteiger partial charge on any atom is -0.454 e. The van der Waals surface area contributed by atoms with Crippen molar-refractivity contribution in [2.24, 2.45) is 5.73 Å². The number of furan rings is 1. The summed E-state index contributed by atoms with van der Waals surface area (Å²) in [7, 11) is 0. The molecule has 0 aliphatic carbocycles. The summed E-state index contributed by atoms with van der Waals surface area (Å²) in [5.41, 5.74) is 6.28. The van der Waals surface area contributed by atoms with Crippen molar-refractivity contribution >= 4 is 39.1 Å². The first-order valence-corrected chi connectivity index (χ1v) is 10.5. The topological polar surface area (TPSA) is 116 Å². The zero-order valence-corrected chi connectivity index (χ0v) is 18.5. The van der Waals surface area contributed by atoms with Crippen LogP contribution < -0.4 is 11.1 Å². The average molecular weight is 477 g/mol. The van der Waals surface area contributed by atoms with Crippen molar-refractivity contribution in [2.75, 3.05) is 5.32 Å². The zero-order chi connectivity index (χ0) is 24.1. The van der Waals surface area contributed by atoms with E-state index in [4.69, 9.17) is 10.2 Å². The average Bonchev–Trinajstić information content (AvgIpc) is 3.39. The number of anilines is 1. The molecule has 0 spiro atoms. The number of nitrogens with zero attached hydrogens (tertiary/aromatic N) is 3.